The molecule has 30 heteroatoms. The number of carbonyl (C=O) groups excluding carboxylic acids is 4. The van der Waals surface area contributed by atoms with Gasteiger partial charge in [-0.2, -0.15) is 11.8 Å². The predicted octanol–water partition coefficient (Wildman–Crippen LogP) is 17.7. The van der Waals surface area contributed by atoms with Crippen LogP contribution in [0.2, 0.25) is 20.1 Å². The molecule has 15 rings (SSSR count). The first-order chi connectivity index (χ1) is 58.4. The van der Waals surface area contributed by atoms with Crippen molar-refractivity contribution in [2.75, 3.05) is 151 Å². The number of amides is 4. The van der Waals surface area contributed by atoms with Gasteiger partial charge in [0.25, 0.3) is 23.6 Å². The summed E-state index contributed by atoms with van der Waals surface area (Å²) in [6.07, 6.45) is 9.41. The molecule has 0 bridgehead atoms. The number of pyridine rings is 8. The van der Waals surface area contributed by atoms with Gasteiger partial charge in [-0.1, -0.05) is 70.7 Å². The number of aromatic nitrogens is 8. The Morgan fingerprint density at radius 3 is 1.12 bits per heavy atom. The van der Waals surface area contributed by atoms with Crippen LogP contribution in [0.4, 0.5) is 46.0 Å². The second-order valence-corrected chi connectivity index (χ2v) is 34.3. The molecule has 0 spiro atoms. The third-order valence-electron chi connectivity index (χ3n) is 20.1. The van der Waals surface area contributed by atoms with E-state index in [0.717, 1.165) is 113 Å². The molecule has 8 aromatic heterocycles. The highest BCUT2D eigenvalue weighted by Gasteiger charge is 2.25. The number of likely N-dealkylation sites (tertiary alicyclic amines) is 1. The third-order valence-corrected chi connectivity index (χ3v) is 24.0. The molecule has 3 fully saturated rings. The maximum atomic E-state index is 12.8. The number of likely N-dealkylation sites (N-methyl/N-ethyl adjacent to an activating group) is 2. The lowest BCUT2D eigenvalue weighted by atomic mass is 10.1. The van der Waals surface area contributed by atoms with Gasteiger partial charge in [0.05, 0.1) is 99.4 Å². The summed E-state index contributed by atoms with van der Waals surface area (Å²) >= 11 is 27.3. The minimum absolute atomic E-state index is 0.116. The van der Waals surface area contributed by atoms with Crippen LogP contribution in [0, 0.1) is 27.7 Å². The van der Waals surface area contributed by atoms with Crippen molar-refractivity contribution in [3.63, 3.8) is 0 Å². The molecule has 24 nitrogen and oxygen atoms in total. The van der Waals surface area contributed by atoms with Gasteiger partial charge >= 0.3 is 0 Å². The van der Waals surface area contributed by atoms with Crippen LogP contribution < -0.4 is 41.3 Å². The minimum atomic E-state index is -2.96. The Hall–Kier alpha value is -11.5. The van der Waals surface area contributed by atoms with Gasteiger partial charge < -0.3 is 51.1 Å². The Kier molecular flexibility index (Phi) is 31.3. The first-order valence-corrected chi connectivity index (χ1v) is 44.0. The number of anilines is 8. The summed E-state index contributed by atoms with van der Waals surface area (Å²) in [5, 5.41) is 17.4. The predicted molar refractivity (Wildman–Crippen MR) is 493 cm³/mol. The van der Waals surface area contributed by atoms with Crippen molar-refractivity contribution >= 4 is 138 Å². The number of hydrogen-bond donors (Lipinski definition) is 5. The number of sulfone groups is 1. The van der Waals surface area contributed by atoms with E-state index < -0.39 is 9.84 Å². The number of halogens is 4. The highest BCUT2D eigenvalue weighted by molar-refractivity contribution is 7.99. The molecule has 3 aliphatic heterocycles. The molecule has 4 aromatic carbocycles. The standard InChI is InChI=1S/C24H26ClN5O.C23H26ClN5O.C22H21ClN4O3S.C22H21ClN4OS/c1-17-19(8-10-23(28-17)27-12-15-30-13-4-5-14-30)24(31)29-18-7-9-21(25)20(16-18)22-6-2-3-11-26-22;1-16-18(9-11-22(26-16)29(4)14-13-28(2)3)23(30)27-17-8-10-20(24)19(15-17)21-7-5-6-12-25-21;1-15-17(6-8-21(25-15)27-10-12-31(29,30)13-11-27)22(28)26-16-5-7-19(23)18(14-16)20-4-2-3-9-24-20;1-15-17(6-8-21(25-15)27-10-12-29-13-11-27)22(28)26-16-5-7-19(23)18(14-16)20-4-2-3-9-24-20/h2-3,6-11,16H,4-5,12-15H2,1H3,(H,27,28)(H,29,31);5-12,15H,13-14H2,1-4H3,(H,27,30);2-9,14H,10-13H2,1H3,(H,26,28);2-9,14H,10-13H2,1H3,(H,26,28). The Balaban J connectivity index is 0.000000148. The highest BCUT2D eigenvalue weighted by Crippen LogP contribution is 2.35. The number of hydrogen-bond acceptors (Lipinski definition) is 21. The molecule has 11 heterocycles. The Morgan fingerprint density at radius 1 is 0.413 bits per heavy atom. The van der Waals surface area contributed by atoms with Crippen LogP contribution in [-0.4, -0.2) is 191 Å². The topological polar surface area (TPSA) is 282 Å². The molecular formula is C91H94Cl4N18O6S2. The summed E-state index contributed by atoms with van der Waals surface area (Å²) in [4.78, 5) is 97.9. The molecular weight excluding hydrogens is 1650 g/mol. The zero-order valence-electron chi connectivity index (χ0n) is 68.2. The molecule has 5 N–H and O–H groups in total. The van der Waals surface area contributed by atoms with E-state index in [-0.39, 0.29) is 35.1 Å². The molecule has 624 valence electrons. The lowest BCUT2D eigenvalue weighted by Gasteiger charge is -2.28. The van der Waals surface area contributed by atoms with Crippen LogP contribution in [0.25, 0.3) is 45.0 Å². The fourth-order valence-corrected chi connectivity index (χ4v) is 16.4. The fourth-order valence-electron chi connectivity index (χ4n) is 13.5. The van der Waals surface area contributed by atoms with Gasteiger partial charge in [-0.15, -0.1) is 0 Å². The molecule has 12 aromatic rings. The first-order valence-electron chi connectivity index (χ1n) is 39.5. The van der Waals surface area contributed by atoms with Crippen molar-refractivity contribution in [2.24, 2.45) is 0 Å². The number of aryl methyl sites for hydroxylation is 4. The summed E-state index contributed by atoms with van der Waals surface area (Å²) in [5.74, 6) is 4.80. The highest BCUT2D eigenvalue weighted by atomic mass is 35.5. The van der Waals surface area contributed by atoms with E-state index in [9.17, 15) is 27.6 Å². The van der Waals surface area contributed by atoms with Gasteiger partial charge in [0.2, 0.25) is 0 Å². The second kappa shape index (κ2) is 42.7. The Labute approximate surface area is 730 Å². The normalized spacial score (nSPS) is 13.6. The van der Waals surface area contributed by atoms with E-state index in [2.05, 4.69) is 86.1 Å². The molecule has 0 saturated carbocycles. The van der Waals surface area contributed by atoms with Crippen LogP contribution in [0.15, 0.2) is 219 Å². The first kappa shape index (κ1) is 88.8. The SMILES string of the molecule is Cc1nc(N(C)CCN(C)C)ccc1C(=O)Nc1ccc(Cl)c(-c2ccccn2)c1.Cc1nc(N2CCS(=O)(=O)CC2)ccc1C(=O)Nc1ccc(Cl)c(-c2ccccn2)c1.Cc1nc(N2CCSCC2)ccc1C(=O)Nc1ccc(Cl)c(-c2ccccn2)c1.Cc1nc(NCCN2CCCC2)ccc1C(=O)Nc1ccc(Cl)c(-c2ccccn2)c1. The summed E-state index contributed by atoms with van der Waals surface area (Å²) in [5.41, 5.74) is 13.3. The van der Waals surface area contributed by atoms with Crippen molar-refractivity contribution in [3.05, 3.63) is 284 Å². The number of nitrogens with zero attached hydrogens (tertiary/aromatic N) is 13. The van der Waals surface area contributed by atoms with Crippen molar-refractivity contribution in [3.8, 4) is 45.0 Å². The average molecular weight is 1740 g/mol. The fraction of sp³-hybridized carbons (Fsp3) is 0.253. The van der Waals surface area contributed by atoms with Crippen molar-refractivity contribution in [1.29, 1.82) is 0 Å². The molecule has 0 unspecified atom stereocenters. The molecule has 121 heavy (non-hydrogen) atoms. The van der Waals surface area contributed by atoms with E-state index >= 15 is 0 Å². The van der Waals surface area contributed by atoms with Gasteiger partial charge in [0, 0.05) is 141 Å². The summed E-state index contributed by atoms with van der Waals surface area (Å²) in [7, 11) is 3.11. The van der Waals surface area contributed by atoms with Crippen LogP contribution in [0.1, 0.15) is 77.0 Å². The number of nitrogens with one attached hydrogen (secondary N) is 5. The molecule has 0 radical (unpaired) electrons. The molecule has 0 atom stereocenters. The number of rotatable bonds is 22. The quantitative estimate of drug-likeness (QED) is 0.0421. The van der Waals surface area contributed by atoms with E-state index in [0.29, 0.717) is 107 Å². The number of carbonyl (C=O) groups is 4. The van der Waals surface area contributed by atoms with Crippen molar-refractivity contribution in [2.45, 2.75) is 40.5 Å². The van der Waals surface area contributed by atoms with Crippen LogP contribution in [-0.2, 0) is 9.84 Å². The van der Waals surface area contributed by atoms with Gasteiger partial charge in [-0.25, -0.2) is 28.4 Å². The summed E-state index contributed by atoms with van der Waals surface area (Å²) in [6, 6.07) is 58.4. The van der Waals surface area contributed by atoms with Gasteiger partial charge in [0.15, 0.2) is 9.84 Å². The summed E-state index contributed by atoms with van der Waals surface area (Å²) in [6.45, 7) is 16.1. The largest absolute Gasteiger partial charge is 0.369 e. The number of thioether (sulfide) groups is 1. The van der Waals surface area contributed by atoms with Gasteiger partial charge in [-0.3, -0.25) is 39.1 Å². The van der Waals surface area contributed by atoms with Gasteiger partial charge in [-0.05, 0) is 238 Å². The van der Waals surface area contributed by atoms with E-state index in [1.807, 2.05) is 186 Å². The molecule has 4 amide bonds. The van der Waals surface area contributed by atoms with E-state index in [1.54, 1.807) is 98.4 Å². The number of benzene rings is 4. The maximum absolute atomic E-state index is 12.8. The zero-order chi connectivity index (χ0) is 85.5. The van der Waals surface area contributed by atoms with Crippen molar-refractivity contribution in [1.82, 2.24) is 49.7 Å². The van der Waals surface area contributed by atoms with E-state index in [4.69, 9.17) is 46.4 Å². The molecule has 3 aliphatic rings. The van der Waals surface area contributed by atoms with Gasteiger partial charge in [0.1, 0.15) is 23.3 Å². The van der Waals surface area contributed by atoms with Crippen LogP contribution >= 0.6 is 58.2 Å². The maximum Gasteiger partial charge on any atom is 0.257 e. The van der Waals surface area contributed by atoms with Crippen molar-refractivity contribution < 1.29 is 27.6 Å². The Bertz CT molecular complexity index is 5710. The van der Waals surface area contributed by atoms with E-state index in [1.165, 1.54) is 25.9 Å². The Morgan fingerprint density at radius 2 is 0.769 bits per heavy atom. The molecule has 3 saturated heterocycles. The van der Waals surface area contributed by atoms with Crippen LogP contribution in [0.3, 0.4) is 0 Å². The average Bonchev–Trinajstić information content (AvgIpc) is 1.02. The zero-order valence-corrected chi connectivity index (χ0v) is 72.8. The molecule has 0 aliphatic carbocycles. The third kappa shape index (κ3) is 24.9. The van der Waals surface area contributed by atoms with Crippen LogP contribution in [0.5, 0.6) is 0 Å². The monoisotopic (exact) mass is 1740 g/mol. The minimum Gasteiger partial charge on any atom is -0.369 e. The smallest absolute Gasteiger partial charge is 0.257 e. The lowest BCUT2D eigenvalue weighted by Crippen LogP contribution is -2.40. The second-order valence-electron chi connectivity index (χ2n) is 29.1. The summed E-state index contributed by atoms with van der Waals surface area (Å²) < 4.78 is 23.3. The lowest BCUT2D eigenvalue weighted by molar-refractivity contribution is 0.101.